The fourth-order valence-corrected chi connectivity index (χ4v) is 5.55. The van der Waals surface area contributed by atoms with E-state index >= 15 is 0 Å². The van der Waals surface area contributed by atoms with Gasteiger partial charge in [0.15, 0.2) is 0 Å². The van der Waals surface area contributed by atoms with Gasteiger partial charge in [-0.3, -0.25) is 14.5 Å². The Morgan fingerprint density at radius 3 is 2.83 bits per heavy atom. The molecule has 2 unspecified atom stereocenters. The Morgan fingerprint density at radius 1 is 1.19 bits per heavy atom. The number of aryl methyl sites for hydroxylation is 2. The van der Waals surface area contributed by atoms with Gasteiger partial charge in [-0.1, -0.05) is 6.07 Å². The van der Waals surface area contributed by atoms with E-state index in [0.29, 0.717) is 31.8 Å². The molecule has 1 aromatic heterocycles. The zero-order valence-corrected chi connectivity index (χ0v) is 21.8. The molecule has 9 heteroatoms. The molecule has 8 nitrogen and oxygen atoms in total. The van der Waals surface area contributed by atoms with E-state index in [1.807, 2.05) is 28.8 Å². The maximum Gasteiger partial charge on any atom is 0.261 e. The first-order chi connectivity index (χ1) is 17.6. The van der Waals surface area contributed by atoms with E-state index in [2.05, 4.69) is 24.0 Å². The number of anilines is 1. The third-order valence-corrected chi connectivity index (χ3v) is 7.62. The molecular formula is C27H34N4O4S. The summed E-state index contributed by atoms with van der Waals surface area (Å²) < 4.78 is 18.9. The van der Waals surface area contributed by atoms with Gasteiger partial charge in [0, 0.05) is 43.9 Å². The third kappa shape index (κ3) is 5.31. The van der Waals surface area contributed by atoms with Crippen LogP contribution in [0.5, 0.6) is 0 Å². The molecule has 2 atom stereocenters. The van der Waals surface area contributed by atoms with Crippen molar-refractivity contribution in [2.24, 2.45) is 5.14 Å². The molecule has 0 radical (unpaired) electrons. The van der Waals surface area contributed by atoms with E-state index in [9.17, 15) is 4.79 Å². The summed E-state index contributed by atoms with van der Waals surface area (Å²) in [7, 11) is 1.69. The highest BCUT2D eigenvalue weighted by molar-refractivity contribution is 7.97. The predicted molar refractivity (Wildman–Crippen MR) is 143 cm³/mol. The van der Waals surface area contributed by atoms with Gasteiger partial charge in [0.05, 0.1) is 30.2 Å². The van der Waals surface area contributed by atoms with Crippen LogP contribution in [-0.4, -0.2) is 55.7 Å². The summed E-state index contributed by atoms with van der Waals surface area (Å²) in [6.45, 7) is 6.08. The van der Waals surface area contributed by atoms with Crippen LogP contribution in [0.1, 0.15) is 35.9 Å². The number of benzene rings is 2. The van der Waals surface area contributed by atoms with Crippen molar-refractivity contribution in [1.82, 2.24) is 9.55 Å². The summed E-state index contributed by atoms with van der Waals surface area (Å²) in [6.07, 6.45) is 2.47. The molecule has 2 fully saturated rings. The number of aromatic nitrogens is 2. The Balaban J connectivity index is 1.48. The van der Waals surface area contributed by atoms with Crippen LogP contribution < -0.4 is 15.6 Å². The first-order valence-corrected chi connectivity index (χ1v) is 13.4. The van der Waals surface area contributed by atoms with E-state index < -0.39 is 0 Å². The number of methoxy groups -OCH3 is 1. The van der Waals surface area contributed by atoms with Crippen molar-refractivity contribution in [2.45, 2.75) is 49.8 Å². The van der Waals surface area contributed by atoms with Gasteiger partial charge in [-0.05, 0) is 79.6 Å². The van der Waals surface area contributed by atoms with Crippen molar-refractivity contribution in [3.05, 3.63) is 63.7 Å². The van der Waals surface area contributed by atoms with Crippen molar-refractivity contribution in [1.29, 1.82) is 0 Å². The van der Waals surface area contributed by atoms with Crippen molar-refractivity contribution >= 4 is 28.5 Å². The fourth-order valence-electron chi connectivity index (χ4n) is 5.16. The van der Waals surface area contributed by atoms with E-state index in [-0.39, 0.29) is 17.8 Å². The van der Waals surface area contributed by atoms with Crippen LogP contribution >= 0.6 is 11.9 Å². The molecule has 0 aliphatic carbocycles. The molecule has 2 aliphatic heterocycles. The van der Waals surface area contributed by atoms with Crippen LogP contribution in [0.4, 0.5) is 5.69 Å². The second-order valence-electron chi connectivity index (χ2n) is 9.48. The number of ether oxygens (including phenoxy) is 3. The van der Waals surface area contributed by atoms with Crippen molar-refractivity contribution in [3.8, 4) is 0 Å². The Kier molecular flexibility index (Phi) is 7.93. The molecule has 2 aliphatic rings. The van der Waals surface area contributed by atoms with Gasteiger partial charge in [-0.25, -0.2) is 4.98 Å². The van der Waals surface area contributed by atoms with Crippen LogP contribution in [0.3, 0.4) is 0 Å². The molecule has 2 N–H and O–H groups in total. The highest BCUT2D eigenvalue weighted by atomic mass is 32.2. The third-order valence-electron chi connectivity index (χ3n) is 7.10. The number of nitrogens with two attached hydrogens (primary N) is 1. The second-order valence-corrected chi connectivity index (χ2v) is 10.2. The van der Waals surface area contributed by atoms with Gasteiger partial charge in [0.25, 0.3) is 5.56 Å². The predicted octanol–water partition coefficient (Wildman–Crippen LogP) is 3.62. The van der Waals surface area contributed by atoms with E-state index in [4.69, 9.17) is 24.3 Å². The smallest absolute Gasteiger partial charge is 0.261 e. The number of hydrogen-bond acceptors (Lipinski definition) is 8. The summed E-state index contributed by atoms with van der Waals surface area (Å²) >= 11 is 1.24. The fraction of sp³-hybridized carbons (Fsp3) is 0.481. The largest absolute Gasteiger partial charge is 0.382 e. The van der Waals surface area contributed by atoms with Crippen LogP contribution in [0.25, 0.3) is 10.9 Å². The minimum absolute atomic E-state index is 0.0110. The zero-order chi connectivity index (χ0) is 25.1. The maximum atomic E-state index is 13.7. The van der Waals surface area contributed by atoms with Gasteiger partial charge in [-0.15, -0.1) is 0 Å². The quantitative estimate of drug-likeness (QED) is 0.460. The van der Waals surface area contributed by atoms with Gasteiger partial charge >= 0.3 is 0 Å². The van der Waals surface area contributed by atoms with Crippen LogP contribution in [0.2, 0.25) is 0 Å². The lowest BCUT2D eigenvalue weighted by atomic mass is 10.1. The average Bonchev–Trinajstić information content (AvgIpc) is 3.44. The van der Waals surface area contributed by atoms with Crippen LogP contribution in [0, 0.1) is 6.92 Å². The Bertz CT molecular complexity index is 1270. The maximum absolute atomic E-state index is 13.7. The Labute approximate surface area is 215 Å². The second kappa shape index (κ2) is 11.3. The first kappa shape index (κ1) is 25.2. The van der Waals surface area contributed by atoms with Gasteiger partial charge < -0.3 is 19.1 Å². The topological polar surface area (TPSA) is 91.8 Å². The molecule has 0 saturated carbocycles. The highest BCUT2D eigenvalue weighted by Crippen LogP contribution is 2.29. The lowest BCUT2D eigenvalue weighted by molar-refractivity contribution is -0.0100. The molecule has 3 aromatic rings. The number of fused-ring (bicyclic) bond motifs is 1. The summed E-state index contributed by atoms with van der Waals surface area (Å²) in [5, 5.41) is 6.34. The minimum Gasteiger partial charge on any atom is -0.382 e. The summed E-state index contributed by atoms with van der Waals surface area (Å²) in [6, 6.07) is 12.2. The number of hydrogen-bond donors (Lipinski definition) is 1. The number of nitrogens with zero attached hydrogens (tertiary/aromatic N) is 3. The van der Waals surface area contributed by atoms with Gasteiger partial charge in [0.1, 0.15) is 11.9 Å². The van der Waals surface area contributed by atoms with E-state index in [1.54, 1.807) is 7.11 Å². The van der Waals surface area contributed by atoms with E-state index in [1.165, 1.54) is 23.1 Å². The van der Waals surface area contributed by atoms with E-state index in [0.717, 1.165) is 54.3 Å². The number of morpholine rings is 1. The molecular weight excluding hydrogens is 476 g/mol. The molecule has 5 rings (SSSR count). The first-order valence-electron chi connectivity index (χ1n) is 12.5. The molecule has 36 heavy (non-hydrogen) atoms. The lowest BCUT2D eigenvalue weighted by Crippen LogP contribution is -2.44. The zero-order valence-electron chi connectivity index (χ0n) is 20.9. The molecule has 3 heterocycles. The summed E-state index contributed by atoms with van der Waals surface area (Å²) in [4.78, 5) is 22.1. The SMILES string of the molecule is COCC1CN(c2ccc3c(=O)n(CCc4ccc(SN)cc4C)c(C4CCCO4)nc3c2)CCO1. The van der Waals surface area contributed by atoms with Crippen LogP contribution in [-0.2, 0) is 27.2 Å². The van der Waals surface area contributed by atoms with Crippen molar-refractivity contribution in [3.63, 3.8) is 0 Å². The Hall–Kier alpha value is -2.43. The van der Waals surface area contributed by atoms with Crippen molar-refractivity contribution < 1.29 is 14.2 Å². The van der Waals surface area contributed by atoms with Gasteiger partial charge in [0.2, 0.25) is 0 Å². The minimum atomic E-state index is -0.155. The molecule has 2 aromatic carbocycles. The Morgan fingerprint density at radius 2 is 2.08 bits per heavy atom. The average molecular weight is 511 g/mol. The highest BCUT2D eigenvalue weighted by Gasteiger charge is 2.26. The summed E-state index contributed by atoms with van der Waals surface area (Å²) in [5.41, 5.74) is 4.13. The standard InChI is InChI=1S/C27H34N4O4S/c1-18-14-22(36-28)7-5-19(18)9-10-31-26(25-4-3-12-35-25)29-24-15-20(6-8-23(24)27(31)32)30-11-13-34-21(16-30)17-33-2/h5-8,14-15,21,25H,3-4,9-13,16-17,28H2,1-2H3. The molecule has 2 saturated heterocycles. The van der Waals surface area contributed by atoms with Crippen molar-refractivity contribution in [2.75, 3.05) is 44.9 Å². The molecule has 0 spiro atoms. The number of rotatable bonds is 8. The lowest BCUT2D eigenvalue weighted by Gasteiger charge is -2.34. The monoisotopic (exact) mass is 510 g/mol. The normalized spacial score (nSPS) is 20.4. The van der Waals surface area contributed by atoms with Gasteiger partial charge in [-0.2, -0.15) is 0 Å². The van der Waals surface area contributed by atoms with Crippen LogP contribution in [0.15, 0.2) is 46.1 Å². The molecule has 0 bridgehead atoms. The molecule has 0 amide bonds. The molecule has 192 valence electrons. The summed E-state index contributed by atoms with van der Waals surface area (Å²) in [5.74, 6) is 0.730.